The van der Waals surface area contributed by atoms with Crippen LogP contribution < -0.4 is 5.73 Å². The number of ether oxygens (including phenoxy) is 1. The molecule has 3 nitrogen and oxygen atoms in total. The maximum atomic E-state index is 13.5. The first-order valence-electron chi connectivity index (χ1n) is 4.08. The van der Waals surface area contributed by atoms with E-state index in [0.29, 0.717) is 12.8 Å². The second-order valence-electron chi connectivity index (χ2n) is 3.32. The molecule has 1 saturated carbocycles. The summed E-state index contributed by atoms with van der Waals surface area (Å²) in [5, 5.41) is 0. The standard InChI is InChI=1S/C8H14FNO2/c1-12-7(11)6-2-3-8(9,4-6)5-10/h6H,2-5,10H2,1H3/t6-,8+/m1/s1. The van der Waals surface area contributed by atoms with E-state index >= 15 is 0 Å². The number of hydrogen-bond acceptors (Lipinski definition) is 3. The van der Waals surface area contributed by atoms with Crippen molar-refractivity contribution in [1.29, 1.82) is 0 Å². The summed E-state index contributed by atoms with van der Waals surface area (Å²) < 4.78 is 18.0. The van der Waals surface area contributed by atoms with Crippen LogP contribution in [-0.4, -0.2) is 25.3 Å². The van der Waals surface area contributed by atoms with Crippen molar-refractivity contribution in [1.82, 2.24) is 0 Å². The summed E-state index contributed by atoms with van der Waals surface area (Å²) in [5.74, 6) is -0.605. The molecule has 1 fully saturated rings. The zero-order valence-corrected chi connectivity index (χ0v) is 7.18. The Kier molecular flexibility index (Phi) is 2.67. The van der Waals surface area contributed by atoms with Crippen molar-refractivity contribution in [3.8, 4) is 0 Å². The molecule has 1 aliphatic rings. The van der Waals surface area contributed by atoms with E-state index in [1.165, 1.54) is 7.11 Å². The zero-order valence-electron chi connectivity index (χ0n) is 7.18. The van der Waals surface area contributed by atoms with Crippen LogP contribution in [0.15, 0.2) is 0 Å². The van der Waals surface area contributed by atoms with Gasteiger partial charge in [-0.05, 0) is 19.3 Å². The smallest absolute Gasteiger partial charge is 0.308 e. The second-order valence-corrected chi connectivity index (χ2v) is 3.32. The van der Waals surface area contributed by atoms with Crippen LogP contribution in [0, 0.1) is 5.92 Å². The number of methoxy groups -OCH3 is 1. The quantitative estimate of drug-likeness (QED) is 0.626. The lowest BCUT2D eigenvalue weighted by molar-refractivity contribution is -0.145. The lowest BCUT2D eigenvalue weighted by Crippen LogP contribution is -2.30. The minimum atomic E-state index is -1.33. The van der Waals surface area contributed by atoms with Crippen molar-refractivity contribution in [2.24, 2.45) is 11.7 Å². The highest BCUT2D eigenvalue weighted by Crippen LogP contribution is 2.37. The Morgan fingerprint density at radius 3 is 2.92 bits per heavy atom. The second kappa shape index (κ2) is 3.39. The molecule has 4 heteroatoms. The Hall–Kier alpha value is -0.640. The molecule has 0 saturated heterocycles. The number of halogens is 1. The van der Waals surface area contributed by atoms with E-state index < -0.39 is 5.67 Å². The molecule has 2 N–H and O–H groups in total. The van der Waals surface area contributed by atoms with Crippen LogP contribution in [0.5, 0.6) is 0 Å². The van der Waals surface area contributed by atoms with Gasteiger partial charge in [-0.15, -0.1) is 0 Å². The molecule has 0 aromatic carbocycles. The van der Waals surface area contributed by atoms with Gasteiger partial charge in [-0.25, -0.2) is 4.39 Å². The number of alkyl halides is 1. The fourth-order valence-corrected chi connectivity index (χ4v) is 1.63. The number of carbonyl (C=O) groups is 1. The molecule has 70 valence electrons. The van der Waals surface area contributed by atoms with E-state index in [-0.39, 0.29) is 24.9 Å². The van der Waals surface area contributed by atoms with Crippen LogP contribution in [0.4, 0.5) is 4.39 Å². The van der Waals surface area contributed by atoms with E-state index in [2.05, 4.69) is 4.74 Å². The highest BCUT2D eigenvalue weighted by molar-refractivity contribution is 5.72. The molecule has 0 amide bonds. The van der Waals surface area contributed by atoms with Gasteiger partial charge in [-0.3, -0.25) is 4.79 Å². The summed E-state index contributed by atoms with van der Waals surface area (Å²) in [6, 6.07) is 0. The van der Waals surface area contributed by atoms with Crippen LogP contribution >= 0.6 is 0 Å². The summed E-state index contributed by atoms with van der Waals surface area (Å²) >= 11 is 0. The number of nitrogens with two attached hydrogens (primary N) is 1. The SMILES string of the molecule is COC(=O)[C@@H]1CC[C@@](F)(CN)C1. The first kappa shape index (κ1) is 9.45. The highest BCUT2D eigenvalue weighted by atomic mass is 19.1. The zero-order chi connectivity index (χ0) is 9.19. The van der Waals surface area contributed by atoms with Crippen LogP contribution in [0.25, 0.3) is 0 Å². The fraction of sp³-hybridized carbons (Fsp3) is 0.875. The molecule has 0 bridgehead atoms. The minimum Gasteiger partial charge on any atom is -0.469 e. The molecule has 0 unspecified atom stereocenters. The van der Waals surface area contributed by atoms with Crippen molar-refractivity contribution in [3.05, 3.63) is 0 Å². The van der Waals surface area contributed by atoms with E-state index in [9.17, 15) is 9.18 Å². The lowest BCUT2D eigenvalue weighted by Gasteiger charge is -2.15. The summed E-state index contributed by atoms with van der Waals surface area (Å²) in [4.78, 5) is 11.0. The van der Waals surface area contributed by atoms with Gasteiger partial charge < -0.3 is 10.5 Å². The summed E-state index contributed by atoms with van der Waals surface area (Å²) in [5.41, 5.74) is 3.91. The van der Waals surface area contributed by atoms with Gasteiger partial charge >= 0.3 is 5.97 Å². The van der Waals surface area contributed by atoms with Crippen LogP contribution in [0.2, 0.25) is 0 Å². The van der Waals surface area contributed by atoms with Crippen molar-refractivity contribution >= 4 is 5.97 Å². The molecule has 1 rings (SSSR count). The van der Waals surface area contributed by atoms with Gasteiger partial charge in [0.25, 0.3) is 0 Å². The molecular weight excluding hydrogens is 161 g/mol. The number of esters is 1. The minimum absolute atomic E-state index is 0.000490. The average molecular weight is 175 g/mol. The van der Waals surface area contributed by atoms with Crippen molar-refractivity contribution in [3.63, 3.8) is 0 Å². The molecule has 0 aliphatic heterocycles. The number of hydrogen-bond donors (Lipinski definition) is 1. The van der Waals surface area contributed by atoms with Crippen molar-refractivity contribution in [2.45, 2.75) is 24.9 Å². The maximum absolute atomic E-state index is 13.5. The first-order valence-corrected chi connectivity index (χ1v) is 4.08. The summed E-state index contributed by atoms with van der Waals surface area (Å²) in [6.45, 7) is 0.000490. The third-order valence-electron chi connectivity index (χ3n) is 2.45. The van der Waals surface area contributed by atoms with Gasteiger partial charge in [0.15, 0.2) is 0 Å². The topological polar surface area (TPSA) is 52.3 Å². The fourth-order valence-electron chi connectivity index (χ4n) is 1.63. The molecule has 0 radical (unpaired) electrons. The van der Waals surface area contributed by atoms with Crippen LogP contribution in [0.1, 0.15) is 19.3 Å². The van der Waals surface area contributed by atoms with Gasteiger partial charge in [0.2, 0.25) is 0 Å². The molecule has 12 heavy (non-hydrogen) atoms. The molecule has 2 atom stereocenters. The van der Waals surface area contributed by atoms with Gasteiger partial charge in [-0.1, -0.05) is 0 Å². The molecule has 1 aliphatic carbocycles. The molecule has 0 heterocycles. The third-order valence-corrected chi connectivity index (χ3v) is 2.45. The van der Waals surface area contributed by atoms with Gasteiger partial charge in [0.1, 0.15) is 5.67 Å². The van der Waals surface area contributed by atoms with Crippen molar-refractivity contribution in [2.75, 3.05) is 13.7 Å². The Morgan fingerprint density at radius 2 is 2.50 bits per heavy atom. The largest absolute Gasteiger partial charge is 0.469 e. The van der Waals surface area contributed by atoms with Crippen LogP contribution in [0.3, 0.4) is 0 Å². The van der Waals surface area contributed by atoms with Crippen molar-refractivity contribution < 1.29 is 13.9 Å². The number of carbonyl (C=O) groups excluding carboxylic acids is 1. The Balaban J connectivity index is 2.50. The predicted octanol–water partition coefficient (Wildman–Crippen LogP) is 0.626. The van der Waals surface area contributed by atoms with E-state index in [0.717, 1.165) is 0 Å². The lowest BCUT2D eigenvalue weighted by atomic mass is 10.0. The van der Waals surface area contributed by atoms with Crippen LogP contribution in [-0.2, 0) is 9.53 Å². The number of rotatable bonds is 2. The van der Waals surface area contributed by atoms with E-state index in [1.54, 1.807) is 0 Å². The average Bonchev–Trinajstić information content (AvgIpc) is 2.48. The molecule has 0 aromatic heterocycles. The van der Waals surface area contributed by atoms with Gasteiger partial charge in [-0.2, -0.15) is 0 Å². The Labute approximate surface area is 71.1 Å². The Bertz CT molecular complexity index is 186. The molecular formula is C8H14FNO2. The Morgan fingerprint density at radius 1 is 1.83 bits per heavy atom. The van der Waals surface area contributed by atoms with Gasteiger partial charge in [0.05, 0.1) is 13.0 Å². The molecule has 0 spiro atoms. The van der Waals surface area contributed by atoms with Gasteiger partial charge in [0, 0.05) is 6.54 Å². The highest BCUT2D eigenvalue weighted by Gasteiger charge is 2.41. The maximum Gasteiger partial charge on any atom is 0.308 e. The third kappa shape index (κ3) is 1.75. The molecule has 0 aromatic rings. The van der Waals surface area contributed by atoms with E-state index in [1.807, 2.05) is 0 Å². The van der Waals surface area contributed by atoms with E-state index in [4.69, 9.17) is 5.73 Å². The predicted molar refractivity (Wildman–Crippen MR) is 42.3 cm³/mol. The summed E-state index contributed by atoms with van der Waals surface area (Å²) in [7, 11) is 1.32. The first-order chi connectivity index (χ1) is 5.61. The monoisotopic (exact) mass is 175 g/mol. The summed E-state index contributed by atoms with van der Waals surface area (Å²) in [6.07, 6.45) is 1.15. The normalized spacial score (nSPS) is 35.1.